The minimum absolute atomic E-state index is 0.0406. The van der Waals surface area contributed by atoms with Crippen LogP contribution >= 0.6 is 0 Å². The van der Waals surface area contributed by atoms with E-state index in [1.807, 2.05) is 30.3 Å². The molecule has 2 spiro atoms. The number of fused-ring (bicyclic) bond motifs is 1. The number of carbonyl (C=O) groups is 2. The van der Waals surface area contributed by atoms with Gasteiger partial charge in [-0.3, -0.25) is 4.79 Å². The highest BCUT2D eigenvalue weighted by Gasteiger charge is 2.74. The molecule has 0 saturated heterocycles. The highest BCUT2D eigenvalue weighted by atomic mass is 19.2. The molecule has 4 fully saturated rings. The summed E-state index contributed by atoms with van der Waals surface area (Å²) in [4.78, 5) is 31.0. The fraction of sp³-hybridized carbons (Fsp3) is 0.617. The summed E-state index contributed by atoms with van der Waals surface area (Å²) in [5.41, 5.74) is -1.92. The summed E-state index contributed by atoms with van der Waals surface area (Å²) >= 11 is 0. The minimum Gasteiger partial charge on any atom is -0.446 e. The van der Waals surface area contributed by atoms with Gasteiger partial charge in [0, 0.05) is 33.9 Å². The van der Waals surface area contributed by atoms with Crippen LogP contribution < -0.4 is 0 Å². The number of Topliss-reactive ketones (excluding diaryl/α,β-unsaturated/α-hetero) is 1. The van der Waals surface area contributed by atoms with Crippen LogP contribution in [0.1, 0.15) is 115 Å². The Morgan fingerprint density at radius 2 is 1.62 bits per heavy atom. The normalized spacial score (nSPS) is 40.2. The number of nitrogens with zero attached hydrogens (tertiary/aromatic N) is 1. The monoisotopic (exact) mass is 755 g/mol. The number of benzene rings is 2. The third kappa shape index (κ3) is 5.89. The quantitative estimate of drug-likeness (QED) is 0.207. The van der Waals surface area contributed by atoms with Gasteiger partial charge in [-0.25, -0.2) is 13.6 Å². The van der Waals surface area contributed by atoms with Crippen molar-refractivity contribution in [1.29, 1.82) is 0 Å². The SMILES string of the molecule is CC1CCC(C(C)C)C(OC(=O)N(Cc2ccccc2)CC2(O)CCC3C45C=CC6(C=C4C(=O)c4ccc(F)c(F)c4)CC(O)CCC6(C)C5CCC32C)C1. The Labute approximate surface area is 325 Å². The first-order chi connectivity index (χ1) is 26.1. The van der Waals surface area contributed by atoms with Crippen molar-refractivity contribution in [1.82, 2.24) is 4.90 Å². The molecule has 2 N–H and O–H groups in total. The van der Waals surface area contributed by atoms with Crippen LogP contribution in [-0.2, 0) is 11.3 Å². The zero-order valence-corrected chi connectivity index (χ0v) is 33.2. The van der Waals surface area contributed by atoms with Crippen molar-refractivity contribution in [3.63, 3.8) is 0 Å². The van der Waals surface area contributed by atoms with E-state index < -0.39 is 45.7 Å². The van der Waals surface area contributed by atoms with E-state index in [1.165, 1.54) is 6.07 Å². The van der Waals surface area contributed by atoms with E-state index in [2.05, 4.69) is 52.8 Å². The molecule has 7 aliphatic rings. The highest BCUT2D eigenvalue weighted by molar-refractivity contribution is 6.10. The molecule has 9 rings (SSSR count). The van der Waals surface area contributed by atoms with Gasteiger partial charge in [0.2, 0.25) is 0 Å². The first kappa shape index (κ1) is 38.5. The molecule has 0 radical (unpaired) electrons. The number of ether oxygens (including phenoxy) is 1. The molecule has 1 amide bonds. The Balaban J connectivity index is 1.17. The van der Waals surface area contributed by atoms with E-state index in [0.717, 1.165) is 49.8 Å². The molecule has 0 aromatic heterocycles. The zero-order chi connectivity index (χ0) is 39.1. The van der Waals surface area contributed by atoms with Crippen LogP contribution in [0.25, 0.3) is 0 Å². The molecule has 8 heteroatoms. The zero-order valence-electron chi connectivity index (χ0n) is 33.2. The third-order valence-corrected chi connectivity index (χ3v) is 16.3. The third-order valence-electron chi connectivity index (χ3n) is 16.3. The predicted octanol–water partition coefficient (Wildman–Crippen LogP) is 9.84. The summed E-state index contributed by atoms with van der Waals surface area (Å²) in [6, 6.07) is 13.2. The number of hydrogen-bond acceptors (Lipinski definition) is 5. The summed E-state index contributed by atoms with van der Waals surface area (Å²) in [5, 5.41) is 24.2. The lowest BCUT2D eigenvalue weighted by molar-refractivity contribution is -0.175. The van der Waals surface area contributed by atoms with Gasteiger partial charge in [-0.1, -0.05) is 89.6 Å². The maximum atomic E-state index is 14.8. The van der Waals surface area contributed by atoms with Crippen LogP contribution in [0.5, 0.6) is 0 Å². The predicted molar refractivity (Wildman–Crippen MR) is 208 cm³/mol. The minimum atomic E-state index is -1.29. The Bertz CT molecular complexity index is 1900. The van der Waals surface area contributed by atoms with Gasteiger partial charge in [-0.05, 0) is 117 Å². The topological polar surface area (TPSA) is 87.1 Å². The largest absolute Gasteiger partial charge is 0.446 e. The molecule has 6 nitrogen and oxygen atoms in total. The average Bonchev–Trinajstić information content (AvgIpc) is 3.42. The summed E-state index contributed by atoms with van der Waals surface area (Å²) in [7, 11) is 0. The maximum Gasteiger partial charge on any atom is 0.410 e. The number of aliphatic hydroxyl groups excluding tert-OH is 1. The second-order valence-electron chi connectivity index (χ2n) is 19.4. The fourth-order valence-electron chi connectivity index (χ4n) is 13.1. The van der Waals surface area contributed by atoms with Crippen molar-refractivity contribution in [3.05, 3.63) is 95.1 Å². The molecule has 7 aliphatic carbocycles. The molecule has 0 heterocycles. The lowest BCUT2D eigenvalue weighted by atomic mass is 9.32. The van der Waals surface area contributed by atoms with Gasteiger partial charge in [0.15, 0.2) is 17.4 Å². The smallest absolute Gasteiger partial charge is 0.410 e. The van der Waals surface area contributed by atoms with Crippen molar-refractivity contribution < 1.29 is 33.3 Å². The van der Waals surface area contributed by atoms with Crippen LogP contribution in [0.15, 0.2) is 72.3 Å². The van der Waals surface area contributed by atoms with Gasteiger partial charge < -0.3 is 19.8 Å². The van der Waals surface area contributed by atoms with Crippen LogP contribution in [-0.4, -0.2) is 51.3 Å². The maximum absolute atomic E-state index is 14.8. The molecule has 11 unspecified atom stereocenters. The molecular formula is C47H59F2NO5. The molecule has 2 bridgehead atoms. The molecule has 2 aromatic carbocycles. The van der Waals surface area contributed by atoms with Crippen LogP contribution in [0.2, 0.25) is 0 Å². The first-order valence-electron chi connectivity index (χ1n) is 20.9. The van der Waals surface area contributed by atoms with Crippen molar-refractivity contribution in [3.8, 4) is 0 Å². The van der Waals surface area contributed by atoms with Crippen LogP contribution in [0.3, 0.4) is 0 Å². The first-order valence-corrected chi connectivity index (χ1v) is 20.9. The number of allylic oxidation sites excluding steroid dienone is 4. The summed E-state index contributed by atoms with van der Waals surface area (Å²) in [6.07, 6.45) is 12.9. The van der Waals surface area contributed by atoms with Crippen LogP contribution in [0, 0.1) is 62.9 Å². The van der Waals surface area contributed by atoms with Gasteiger partial charge in [-0.2, -0.15) is 0 Å². The van der Waals surface area contributed by atoms with E-state index in [-0.39, 0.29) is 47.2 Å². The van der Waals surface area contributed by atoms with E-state index in [0.29, 0.717) is 56.1 Å². The Morgan fingerprint density at radius 3 is 2.35 bits per heavy atom. The van der Waals surface area contributed by atoms with Crippen molar-refractivity contribution in [2.24, 2.45) is 51.2 Å². The molecular weight excluding hydrogens is 697 g/mol. The molecule has 296 valence electrons. The highest BCUT2D eigenvalue weighted by Crippen LogP contribution is 2.78. The number of rotatable bonds is 8. The van der Waals surface area contributed by atoms with E-state index in [1.54, 1.807) is 4.90 Å². The number of amides is 1. The second kappa shape index (κ2) is 13.6. The Kier molecular flexibility index (Phi) is 9.55. The number of ketones is 1. The van der Waals surface area contributed by atoms with Crippen molar-refractivity contribution in [2.45, 2.75) is 123 Å². The molecule has 2 aromatic rings. The fourth-order valence-corrected chi connectivity index (χ4v) is 13.1. The number of hydrogen-bond donors (Lipinski definition) is 2. The van der Waals surface area contributed by atoms with Gasteiger partial charge in [0.1, 0.15) is 6.10 Å². The molecule has 4 saturated carbocycles. The molecule has 0 aliphatic heterocycles. The lowest BCUT2D eigenvalue weighted by Crippen LogP contribution is -2.67. The number of carbonyl (C=O) groups excluding carboxylic acids is 2. The van der Waals surface area contributed by atoms with E-state index >= 15 is 0 Å². The van der Waals surface area contributed by atoms with Crippen LogP contribution in [0.4, 0.5) is 13.6 Å². The van der Waals surface area contributed by atoms with Gasteiger partial charge in [-0.15, -0.1) is 0 Å². The summed E-state index contributed by atoms with van der Waals surface area (Å²) < 4.78 is 35.3. The van der Waals surface area contributed by atoms with Gasteiger partial charge in [0.05, 0.1) is 18.2 Å². The number of halogens is 2. The van der Waals surface area contributed by atoms with Crippen molar-refractivity contribution >= 4 is 11.9 Å². The lowest BCUT2D eigenvalue weighted by Gasteiger charge is -2.71. The van der Waals surface area contributed by atoms with Crippen molar-refractivity contribution in [2.75, 3.05) is 6.54 Å². The van der Waals surface area contributed by atoms with Gasteiger partial charge >= 0.3 is 6.09 Å². The summed E-state index contributed by atoms with van der Waals surface area (Å²) in [5.74, 6) is -1.40. The summed E-state index contributed by atoms with van der Waals surface area (Å²) in [6.45, 7) is 11.5. The average molecular weight is 756 g/mol. The molecule has 11 atom stereocenters. The van der Waals surface area contributed by atoms with E-state index in [9.17, 15) is 28.6 Å². The standard InChI is InChI=1S/C47H59F2NO5/c1-29(2)34-13-11-30(3)23-38(34)55-42(53)50(27-31-9-7-6-8-10-31)28-46(54)20-17-40-44(46,5)19-16-39-43(4)18-15-33(51)25-45(43)21-22-47(39,40)35(26-45)41(52)32-12-14-36(48)37(49)24-32/h6-10,12,14,21-22,24,26,29-30,33-34,38-40,51,54H,11,13,15-20,23,25,27-28H2,1-5H3. The number of aliphatic hydroxyl groups is 2. The van der Waals surface area contributed by atoms with Gasteiger partial charge in [0.25, 0.3) is 0 Å². The molecule has 55 heavy (non-hydrogen) atoms. The Morgan fingerprint density at radius 1 is 0.909 bits per heavy atom. The second-order valence-corrected chi connectivity index (χ2v) is 19.4. The Hall–Kier alpha value is -3.36. The van der Waals surface area contributed by atoms with E-state index in [4.69, 9.17) is 4.74 Å².